The van der Waals surface area contributed by atoms with E-state index < -0.39 is 0 Å². The van der Waals surface area contributed by atoms with Crippen molar-refractivity contribution in [1.29, 1.82) is 0 Å². The molecule has 2 aromatic rings. The van der Waals surface area contributed by atoms with Crippen LogP contribution < -0.4 is 15.5 Å². The Bertz CT molecular complexity index is 760. The minimum atomic E-state index is -0.144. The highest BCUT2D eigenvalue weighted by Crippen LogP contribution is 2.19. The third-order valence-corrected chi connectivity index (χ3v) is 3.69. The highest BCUT2D eigenvalue weighted by molar-refractivity contribution is 5.91. The molecule has 0 heterocycles. The lowest BCUT2D eigenvalue weighted by molar-refractivity contribution is -0.862. The molecule has 27 heavy (non-hydrogen) atoms. The van der Waals surface area contributed by atoms with Crippen LogP contribution in [0.5, 0.6) is 0 Å². The average Bonchev–Trinajstić information content (AvgIpc) is 2.66. The lowest BCUT2D eigenvalue weighted by Gasteiger charge is -2.13. The van der Waals surface area contributed by atoms with Crippen LogP contribution in [-0.4, -0.2) is 38.5 Å². The number of nitrogens with one attached hydrogen (secondary N) is 3. The largest absolute Gasteiger partial charge is 0.351 e. The van der Waals surface area contributed by atoms with Crippen LogP contribution in [0.1, 0.15) is 13.3 Å². The van der Waals surface area contributed by atoms with E-state index in [-0.39, 0.29) is 24.9 Å². The van der Waals surface area contributed by atoms with Crippen LogP contribution in [0, 0.1) is 0 Å². The SMILES string of the molecule is CCCNC(=O)C[NH+](C)CC(=O)Nc1ccc(N=Nc2ccccc2)cc1. The van der Waals surface area contributed by atoms with Gasteiger partial charge in [0.25, 0.3) is 11.8 Å². The first-order valence-corrected chi connectivity index (χ1v) is 9.01. The number of hydrogen-bond donors (Lipinski definition) is 3. The van der Waals surface area contributed by atoms with E-state index in [0.717, 1.165) is 17.0 Å². The second-order valence-corrected chi connectivity index (χ2v) is 6.29. The minimum absolute atomic E-state index is 0.0460. The van der Waals surface area contributed by atoms with Gasteiger partial charge in [0.15, 0.2) is 13.1 Å². The minimum Gasteiger partial charge on any atom is -0.351 e. The van der Waals surface area contributed by atoms with Gasteiger partial charge in [-0.05, 0) is 42.8 Å². The van der Waals surface area contributed by atoms with Gasteiger partial charge in [-0.25, -0.2) is 0 Å². The number of quaternary nitrogens is 1. The Labute approximate surface area is 159 Å². The van der Waals surface area contributed by atoms with Crippen LogP contribution >= 0.6 is 0 Å². The fourth-order valence-corrected chi connectivity index (χ4v) is 2.36. The summed E-state index contributed by atoms with van der Waals surface area (Å²) in [6.45, 7) is 3.14. The van der Waals surface area contributed by atoms with Crippen molar-refractivity contribution in [2.75, 3.05) is 32.0 Å². The maximum atomic E-state index is 12.1. The number of azo groups is 1. The first-order chi connectivity index (χ1) is 13.1. The zero-order valence-electron chi connectivity index (χ0n) is 15.7. The lowest BCUT2D eigenvalue weighted by Crippen LogP contribution is -3.11. The number of hydrogen-bond acceptors (Lipinski definition) is 4. The summed E-state index contributed by atoms with van der Waals surface area (Å²) in [7, 11) is 1.82. The number of amides is 2. The monoisotopic (exact) mass is 368 g/mol. The summed E-state index contributed by atoms with van der Waals surface area (Å²) in [5, 5.41) is 13.9. The normalized spacial score (nSPS) is 11.9. The molecule has 0 fully saturated rings. The Balaban J connectivity index is 1.80. The molecule has 2 rings (SSSR count). The average molecular weight is 368 g/mol. The van der Waals surface area contributed by atoms with E-state index in [4.69, 9.17) is 0 Å². The standard InChI is InChI=1S/C20H25N5O2/c1-3-13-21-19(26)14-25(2)15-20(27)22-16-9-11-18(12-10-16)24-23-17-7-5-4-6-8-17/h4-12H,3,13-15H2,1-2H3,(H,21,26)(H,22,27)/p+1. The maximum absolute atomic E-state index is 12.1. The first kappa shape index (κ1) is 20.3. The quantitative estimate of drug-likeness (QED) is 0.592. The molecule has 1 unspecified atom stereocenters. The van der Waals surface area contributed by atoms with Crippen molar-refractivity contribution >= 4 is 28.9 Å². The Kier molecular flexibility index (Phi) is 8.12. The number of nitrogens with zero attached hydrogens (tertiary/aromatic N) is 2. The highest BCUT2D eigenvalue weighted by Gasteiger charge is 2.13. The summed E-state index contributed by atoms with van der Waals surface area (Å²) in [6, 6.07) is 16.6. The molecule has 7 heteroatoms. The lowest BCUT2D eigenvalue weighted by atomic mass is 10.3. The first-order valence-electron chi connectivity index (χ1n) is 9.01. The fraction of sp³-hybridized carbons (Fsp3) is 0.300. The van der Waals surface area contributed by atoms with Gasteiger partial charge in [0.2, 0.25) is 0 Å². The predicted octanol–water partition coefficient (Wildman–Crippen LogP) is 2.08. The molecule has 1 atom stereocenters. The molecule has 0 aromatic heterocycles. The van der Waals surface area contributed by atoms with Crippen molar-refractivity contribution < 1.29 is 14.5 Å². The van der Waals surface area contributed by atoms with Gasteiger partial charge in [0.05, 0.1) is 18.4 Å². The predicted molar refractivity (Wildman–Crippen MR) is 106 cm³/mol. The number of rotatable bonds is 9. The fourth-order valence-electron chi connectivity index (χ4n) is 2.36. The summed E-state index contributed by atoms with van der Waals surface area (Å²) in [6.07, 6.45) is 0.895. The number of benzene rings is 2. The summed E-state index contributed by atoms with van der Waals surface area (Å²) < 4.78 is 0. The van der Waals surface area contributed by atoms with E-state index in [1.165, 1.54) is 0 Å². The Hall–Kier alpha value is -3.06. The van der Waals surface area contributed by atoms with Crippen LogP contribution in [-0.2, 0) is 9.59 Å². The van der Waals surface area contributed by atoms with Crippen molar-refractivity contribution in [2.24, 2.45) is 10.2 Å². The van der Waals surface area contributed by atoms with E-state index in [1.54, 1.807) is 24.3 Å². The van der Waals surface area contributed by atoms with E-state index >= 15 is 0 Å². The van der Waals surface area contributed by atoms with E-state index in [2.05, 4.69) is 20.9 Å². The van der Waals surface area contributed by atoms with E-state index in [1.807, 2.05) is 44.3 Å². The number of anilines is 1. The van der Waals surface area contributed by atoms with Crippen molar-refractivity contribution in [3.05, 3.63) is 54.6 Å². The Morgan fingerprint density at radius 2 is 1.48 bits per heavy atom. The summed E-state index contributed by atoms with van der Waals surface area (Å²) >= 11 is 0. The van der Waals surface area contributed by atoms with Gasteiger partial charge in [0, 0.05) is 12.2 Å². The molecule has 142 valence electrons. The molecule has 2 amide bonds. The van der Waals surface area contributed by atoms with Crippen LogP contribution in [0.25, 0.3) is 0 Å². The van der Waals surface area contributed by atoms with Crippen molar-refractivity contribution in [2.45, 2.75) is 13.3 Å². The molecular formula is C20H26N5O2+. The van der Waals surface area contributed by atoms with E-state index in [9.17, 15) is 9.59 Å². The second kappa shape index (κ2) is 10.8. The van der Waals surface area contributed by atoms with Crippen molar-refractivity contribution in [3.63, 3.8) is 0 Å². The molecule has 0 aliphatic carbocycles. The molecule has 7 nitrogen and oxygen atoms in total. The molecule has 0 saturated heterocycles. The highest BCUT2D eigenvalue weighted by atomic mass is 16.2. The van der Waals surface area contributed by atoms with Crippen LogP contribution in [0.15, 0.2) is 64.8 Å². The molecule has 3 N–H and O–H groups in total. The van der Waals surface area contributed by atoms with Crippen LogP contribution in [0.2, 0.25) is 0 Å². The van der Waals surface area contributed by atoms with Gasteiger partial charge < -0.3 is 15.5 Å². The smallest absolute Gasteiger partial charge is 0.279 e. The summed E-state index contributed by atoms with van der Waals surface area (Å²) in [5.74, 6) is -0.190. The van der Waals surface area contributed by atoms with Gasteiger partial charge in [-0.15, -0.1) is 0 Å². The number of carbonyl (C=O) groups excluding carboxylic acids is 2. The second-order valence-electron chi connectivity index (χ2n) is 6.29. The topological polar surface area (TPSA) is 87.4 Å². The van der Waals surface area contributed by atoms with Crippen molar-refractivity contribution in [3.8, 4) is 0 Å². The van der Waals surface area contributed by atoms with Gasteiger partial charge in [0.1, 0.15) is 0 Å². The molecule has 0 saturated carbocycles. The summed E-state index contributed by atoms with van der Waals surface area (Å²) in [5.41, 5.74) is 2.16. The van der Waals surface area contributed by atoms with Crippen LogP contribution in [0.4, 0.5) is 17.1 Å². The molecule has 0 bridgehead atoms. The van der Waals surface area contributed by atoms with Gasteiger partial charge >= 0.3 is 0 Å². The molecular weight excluding hydrogens is 342 g/mol. The Morgan fingerprint density at radius 3 is 2.11 bits per heavy atom. The third-order valence-electron chi connectivity index (χ3n) is 3.69. The third kappa shape index (κ3) is 7.79. The molecule has 2 aromatic carbocycles. The molecule has 0 aliphatic rings. The zero-order valence-corrected chi connectivity index (χ0v) is 15.7. The van der Waals surface area contributed by atoms with Gasteiger partial charge in [-0.2, -0.15) is 10.2 Å². The molecule has 0 spiro atoms. The van der Waals surface area contributed by atoms with Gasteiger partial charge in [-0.1, -0.05) is 25.1 Å². The van der Waals surface area contributed by atoms with Gasteiger partial charge in [-0.3, -0.25) is 9.59 Å². The number of likely N-dealkylation sites (N-methyl/N-ethyl adjacent to an activating group) is 1. The van der Waals surface area contributed by atoms with Crippen molar-refractivity contribution in [1.82, 2.24) is 5.32 Å². The van der Waals surface area contributed by atoms with E-state index in [0.29, 0.717) is 17.9 Å². The van der Waals surface area contributed by atoms with Crippen LogP contribution in [0.3, 0.4) is 0 Å². The summed E-state index contributed by atoms with van der Waals surface area (Å²) in [4.78, 5) is 24.6. The Morgan fingerprint density at radius 1 is 0.889 bits per heavy atom. The maximum Gasteiger partial charge on any atom is 0.279 e. The molecule has 0 aliphatic heterocycles. The molecule has 0 radical (unpaired) electrons. The zero-order chi connectivity index (χ0) is 19.5. The number of carbonyl (C=O) groups is 2.